The Morgan fingerprint density at radius 1 is 1.12 bits per heavy atom. The Morgan fingerprint density at radius 3 is 2.69 bits per heavy atom. The predicted octanol–water partition coefficient (Wildman–Crippen LogP) is 3.09. The first-order chi connectivity index (χ1) is 15.3. The molecule has 0 unspecified atom stereocenters. The molecule has 2 aromatic rings. The number of rotatable bonds is 2. The van der Waals surface area contributed by atoms with Crippen LogP contribution in [0.3, 0.4) is 0 Å². The molecular formula is C23H22N4O5. The Morgan fingerprint density at radius 2 is 1.94 bits per heavy atom. The molecule has 3 aliphatic heterocycles. The molecule has 1 N–H and O–H groups in total. The van der Waals surface area contributed by atoms with E-state index in [-0.39, 0.29) is 12.1 Å². The third-order valence-electron chi connectivity index (χ3n) is 6.80. The predicted molar refractivity (Wildman–Crippen MR) is 116 cm³/mol. The van der Waals surface area contributed by atoms with Gasteiger partial charge in [-0.05, 0) is 55.5 Å². The molecule has 9 heteroatoms. The van der Waals surface area contributed by atoms with Crippen molar-refractivity contribution in [2.75, 3.05) is 16.3 Å². The molecule has 0 aliphatic carbocycles. The van der Waals surface area contributed by atoms with Gasteiger partial charge in [0, 0.05) is 30.8 Å². The molecule has 4 amide bonds. The van der Waals surface area contributed by atoms with Gasteiger partial charge in [0.15, 0.2) is 5.41 Å². The highest BCUT2D eigenvalue weighted by atomic mass is 16.6. The molecule has 2 saturated heterocycles. The summed E-state index contributed by atoms with van der Waals surface area (Å²) < 4.78 is 0. The molecule has 0 bridgehead atoms. The number of non-ortho nitro benzene ring substituents is 1. The summed E-state index contributed by atoms with van der Waals surface area (Å²) >= 11 is 0. The number of hydrogen-bond donors (Lipinski definition) is 1. The molecule has 164 valence electrons. The summed E-state index contributed by atoms with van der Waals surface area (Å²) in [6.45, 7) is 2.49. The quantitative estimate of drug-likeness (QED) is 0.442. The smallest absolute Gasteiger partial charge is 0.335 e. The van der Waals surface area contributed by atoms with Gasteiger partial charge < -0.3 is 4.90 Å². The van der Waals surface area contributed by atoms with Crippen LogP contribution in [0.4, 0.5) is 21.9 Å². The normalized spacial score (nSPS) is 24.8. The fourth-order valence-corrected chi connectivity index (χ4v) is 5.36. The number of nitrogens with zero attached hydrogens (tertiary/aromatic N) is 3. The van der Waals surface area contributed by atoms with Crippen molar-refractivity contribution in [3.05, 3.63) is 63.7 Å². The summed E-state index contributed by atoms with van der Waals surface area (Å²) in [5.74, 6) is -1.21. The molecule has 2 aromatic carbocycles. The molecule has 9 nitrogen and oxygen atoms in total. The number of benzene rings is 2. The number of barbiturate groups is 1. The first-order valence-corrected chi connectivity index (χ1v) is 10.6. The molecule has 0 aromatic heterocycles. The lowest BCUT2D eigenvalue weighted by molar-refractivity contribution is -0.384. The van der Waals surface area contributed by atoms with Crippen molar-refractivity contribution in [3.63, 3.8) is 0 Å². The number of urea groups is 1. The minimum absolute atomic E-state index is 0.00540. The number of piperidine rings is 1. The molecule has 3 aliphatic rings. The summed E-state index contributed by atoms with van der Waals surface area (Å²) in [5, 5.41) is 13.8. The number of nitro benzene ring substituents is 1. The van der Waals surface area contributed by atoms with Gasteiger partial charge in [-0.25, -0.2) is 9.69 Å². The molecular weight excluding hydrogens is 412 g/mol. The summed E-state index contributed by atoms with van der Waals surface area (Å²) in [6.07, 6.45) is 2.36. The Bertz CT molecular complexity index is 1180. The highest BCUT2D eigenvalue weighted by Gasteiger charge is 2.62. The van der Waals surface area contributed by atoms with Gasteiger partial charge in [-0.1, -0.05) is 12.1 Å². The molecule has 5 rings (SSSR count). The van der Waals surface area contributed by atoms with Crippen molar-refractivity contribution < 1.29 is 19.3 Å². The van der Waals surface area contributed by atoms with E-state index < -0.39 is 34.2 Å². The Labute approximate surface area is 184 Å². The lowest BCUT2D eigenvalue weighted by atomic mass is 9.66. The Kier molecular flexibility index (Phi) is 4.51. The molecule has 2 atom stereocenters. The third-order valence-corrected chi connectivity index (χ3v) is 6.80. The number of carbonyl (C=O) groups excluding carboxylic acids is 3. The zero-order valence-corrected chi connectivity index (χ0v) is 17.5. The largest absolute Gasteiger partial charge is 0.367 e. The zero-order chi connectivity index (χ0) is 22.6. The number of fused-ring (bicyclic) bond motifs is 4. The monoisotopic (exact) mass is 434 g/mol. The maximum absolute atomic E-state index is 14.0. The fourth-order valence-electron chi connectivity index (χ4n) is 5.36. The second-order valence-corrected chi connectivity index (χ2v) is 8.66. The number of aryl methyl sites for hydroxylation is 1. The van der Waals surface area contributed by atoms with E-state index >= 15 is 0 Å². The lowest BCUT2D eigenvalue weighted by Crippen LogP contribution is -2.72. The van der Waals surface area contributed by atoms with Gasteiger partial charge in [0.25, 0.3) is 11.6 Å². The van der Waals surface area contributed by atoms with Crippen LogP contribution in [0.25, 0.3) is 0 Å². The van der Waals surface area contributed by atoms with Crippen LogP contribution in [0, 0.1) is 22.5 Å². The van der Waals surface area contributed by atoms with Crippen molar-refractivity contribution >= 4 is 34.9 Å². The van der Waals surface area contributed by atoms with E-state index in [0.717, 1.165) is 29.0 Å². The van der Waals surface area contributed by atoms with E-state index in [4.69, 9.17) is 0 Å². The number of anilines is 2. The lowest BCUT2D eigenvalue weighted by Gasteiger charge is -2.53. The Hall–Kier alpha value is -3.75. The molecule has 2 fully saturated rings. The first kappa shape index (κ1) is 20.2. The molecule has 1 spiro atoms. The van der Waals surface area contributed by atoms with Gasteiger partial charge in [0.1, 0.15) is 0 Å². The highest BCUT2D eigenvalue weighted by molar-refractivity contribution is 6.30. The van der Waals surface area contributed by atoms with Gasteiger partial charge in [-0.3, -0.25) is 25.0 Å². The zero-order valence-electron chi connectivity index (χ0n) is 17.5. The second-order valence-electron chi connectivity index (χ2n) is 8.66. The van der Waals surface area contributed by atoms with Gasteiger partial charge in [-0.2, -0.15) is 0 Å². The van der Waals surface area contributed by atoms with Crippen LogP contribution in [0.15, 0.2) is 42.5 Å². The highest BCUT2D eigenvalue weighted by Crippen LogP contribution is 2.48. The maximum Gasteiger partial charge on any atom is 0.335 e. The van der Waals surface area contributed by atoms with Crippen molar-refractivity contribution in [1.29, 1.82) is 0 Å². The first-order valence-electron chi connectivity index (χ1n) is 10.6. The van der Waals surface area contributed by atoms with Crippen LogP contribution in [-0.4, -0.2) is 35.4 Å². The number of carbonyl (C=O) groups is 3. The van der Waals surface area contributed by atoms with Crippen LogP contribution < -0.4 is 15.1 Å². The number of nitrogens with one attached hydrogen (secondary N) is 1. The van der Waals surface area contributed by atoms with Crippen molar-refractivity contribution in [2.45, 2.75) is 38.6 Å². The third kappa shape index (κ3) is 2.80. The van der Waals surface area contributed by atoms with Crippen molar-refractivity contribution in [2.24, 2.45) is 5.41 Å². The molecule has 0 radical (unpaired) electrons. The molecule has 32 heavy (non-hydrogen) atoms. The minimum atomic E-state index is -1.54. The van der Waals surface area contributed by atoms with Crippen LogP contribution in [0.5, 0.6) is 0 Å². The number of nitro groups is 1. The second kappa shape index (κ2) is 7.15. The van der Waals surface area contributed by atoms with Gasteiger partial charge >= 0.3 is 6.03 Å². The van der Waals surface area contributed by atoms with E-state index in [9.17, 15) is 24.5 Å². The Balaban J connectivity index is 1.68. The number of amides is 4. The summed E-state index contributed by atoms with van der Waals surface area (Å²) in [6, 6.07) is 10.4. The van der Waals surface area contributed by atoms with Crippen LogP contribution >= 0.6 is 0 Å². The van der Waals surface area contributed by atoms with Crippen LogP contribution in [-0.2, 0) is 16.0 Å². The van der Waals surface area contributed by atoms with E-state index in [1.54, 1.807) is 24.3 Å². The molecule has 3 heterocycles. The van der Waals surface area contributed by atoms with E-state index in [1.807, 2.05) is 17.9 Å². The van der Waals surface area contributed by atoms with Gasteiger partial charge in [0.05, 0.1) is 16.7 Å². The van der Waals surface area contributed by atoms with Crippen molar-refractivity contribution in [1.82, 2.24) is 5.32 Å². The standard InChI is InChI=1S/C23H22N4O5/c1-14-5-4-6-16(11-14)26-21(29)23(20(28)24-22(26)30)13-15-12-17(27(31)32)8-9-18(15)25-10-3-2-7-19(23)25/h4-6,8-9,11-12,19H,2-3,7,10,13H2,1H3,(H,24,28,30)/t19-,23-/m1/s1. The van der Waals surface area contributed by atoms with E-state index in [1.165, 1.54) is 12.1 Å². The summed E-state index contributed by atoms with van der Waals surface area (Å²) in [7, 11) is 0. The van der Waals surface area contributed by atoms with E-state index in [2.05, 4.69) is 5.32 Å². The fraction of sp³-hybridized carbons (Fsp3) is 0.348. The topological polar surface area (TPSA) is 113 Å². The van der Waals surface area contributed by atoms with Crippen LogP contribution in [0.2, 0.25) is 0 Å². The van der Waals surface area contributed by atoms with Crippen LogP contribution in [0.1, 0.15) is 30.4 Å². The number of imide groups is 2. The molecule has 0 saturated carbocycles. The average Bonchev–Trinajstić information content (AvgIpc) is 2.77. The SMILES string of the molecule is Cc1cccc(N2C(=O)NC(=O)[C@]3(Cc4cc([N+](=O)[O-])ccc4N4CCCC[C@@H]43)C2=O)c1. The summed E-state index contributed by atoms with van der Waals surface area (Å²) in [4.78, 5) is 54.1. The van der Waals surface area contributed by atoms with E-state index in [0.29, 0.717) is 24.2 Å². The van der Waals surface area contributed by atoms with Gasteiger partial charge in [0.2, 0.25) is 5.91 Å². The van der Waals surface area contributed by atoms with Crippen molar-refractivity contribution in [3.8, 4) is 0 Å². The average molecular weight is 434 g/mol. The number of hydrogen-bond acceptors (Lipinski definition) is 6. The summed E-state index contributed by atoms with van der Waals surface area (Å²) in [5.41, 5.74) is 1.01. The van der Waals surface area contributed by atoms with Gasteiger partial charge in [-0.15, -0.1) is 0 Å². The minimum Gasteiger partial charge on any atom is -0.367 e. The maximum atomic E-state index is 14.0.